The van der Waals surface area contributed by atoms with Gasteiger partial charge in [-0.25, -0.2) is 4.98 Å². The minimum atomic E-state index is -0.316. The van der Waals surface area contributed by atoms with Crippen molar-refractivity contribution in [1.29, 1.82) is 0 Å². The van der Waals surface area contributed by atoms with Gasteiger partial charge in [0.2, 0.25) is 5.91 Å². The Kier molecular flexibility index (Phi) is 5.14. The number of amides is 1. The third-order valence-corrected chi connectivity index (χ3v) is 4.90. The Bertz CT molecular complexity index is 842. The Morgan fingerprint density at radius 1 is 1.28 bits per heavy atom. The summed E-state index contributed by atoms with van der Waals surface area (Å²) in [7, 11) is 3.14. The monoisotopic (exact) mass is 358 g/mol. The van der Waals surface area contributed by atoms with Crippen molar-refractivity contribution in [3.8, 4) is 11.5 Å². The summed E-state index contributed by atoms with van der Waals surface area (Å²) in [4.78, 5) is 29.0. The lowest BCUT2D eigenvalue weighted by atomic mass is 10.0. The first-order valence-electron chi connectivity index (χ1n) is 7.84. The SMILES string of the molecule is COc1ccc(OC)c(/C=C/C(=O)Nc2nc3c(s2)C(=O)CCC3)c1. The third-order valence-electron chi connectivity index (χ3n) is 3.85. The fraction of sp³-hybridized carbons (Fsp3) is 0.278. The van der Waals surface area contributed by atoms with Gasteiger partial charge in [-0.15, -0.1) is 0 Å². The number of aryl methyl sites for hydroxylation is 1. The number of Topliss-reactive ketones (excluding diaryl/α,β-unsaturated/α-hetero) is 1. The summed E-state index contributed by atoms with van der Waals surface area (Å²) < 4.78 is 10.5. The van der Waals surface area contributed by atoms with Gasteiger partial charge in [0, 0.05) is 18.1 Å². The predicted octanol–water partition coefficient (Wildman–Crippen LogP) is 3.33. The quantitative estimate of drug-likeness (QED) is 0.830. The van der Waals surface area contributed by atoms with Gasteiger partial charge in [-0.1, -0.05) is 11.3 Å². The number of ketones is 1. The van der Waals surface area contributed by atoms with E-state index in [-0.39, 0.29) is 11.7 Å². The molecule has 0 saturated heterocycles. The normalized spacial score (nSPS) is 13.6. The smallest absolute Gasteiger partial charge is 0.250 e. The van der Waals surface area contributed by atoms with Crippen LogP contribution >= 0.6 is 11.3 Å². The van der Waals surface area contributed by atoms with Gasteiger partial charge in [0.15, 0.2) is 10.9 Å². The number of ether oxygens (including phenoxy) is 2. The van der Waals surface area contributed by atoms with E-state index in [1.807, 2.05) is 0 Å². The zero-order valence-electron chi connectivity index (χ0n) is 14.0. The highest BCUT2D eigenvalue weighted by atomic mass is 32.1. The van der Waals surface area contributed by atoms with Crippen molar-refractivity contribution in [1.82, 2.24) is 4.98 Å². The predicted molar refractivity (Wildman–Crippen MR) is 96.6 cm³/mol. The molecule has 25 heavy (non-hydrogen) atoms. The average Bonchev–Trinajstić information content (AvgIpc) is 3.03. The van der Waals surface area contributed by atoms with Crippen LogP contribution in [0.4, 0.5) is 5.13 Å². The fourth-order valence-corrected chi connectivity index (χ4v) is 3.59. The molecule has 1 aromatic carbocycles. The number of fused-ring (bicyclic) bond motifs is 1. The van der Waals surface area contributed by atoms with Gasteiger partial charge in [0.25, 0.3) is 0 Å². The highest BCUT2D eigenvalue weighted by Gasteiger charge is 2.22. The zero-order valence-corrected chi connectivity index (χ0v) is 14.8. The number of thiazole rings is 1. The number of methoxy groups -OCH3 is 2. The minimum Gasteiger partial charge on any atom is -0.497 e. The summed E-state index contributed by atoms with van der Waals surface area (Å²) >= 11 is 1.24. The second-order valence-electron chi connectivity index (χ2n) is 5.50. The summed E-state index contributed by atoms with van der Waals surface area (Å²) in [5.74, 6) is 1.10. The molecule has 1 N–H and O–H groups in total. The van der Waals surface area contributed by atoms with E-state index in [1.54, 1.807) is 38.5 Å². The summed E-state index contributed by atoms with van der Waals surface area (Å²) in [6.45, 7) is 0. The molecule has 7 heteroatoms. The second kappa shape index (κ2) is 7.48. The molecule has 1 aliphatic rings. The molecule has 3 rings (SSSR count). The molecule has 1 heterocycles. The van der Waals surface area contributed by atoms with Crippen LogP contribution in [0.15, 0.2) is 24.3 Å². The Morgan fingerprint density at radius 3 is 2.84 bits per heavy atom. The molecule has 130 valence electrons. The number of nitrogens with one attached hydrogen (secondary N) is 1. The molecule has 6 nitrogen and oxygen atoms in total. The Labute approximate surface area is 149 Å². The van der Waals surface area contributed by atoms with Crippen LogP contribution in [-0.4, -0.2) is 30.9 Å². The van der Waals surface area contributed by atoms with Crippen molar-refractivity contribution >= 4 is 34.2 Å². The molecule has 0 unspecified atom stereocenters. The molecule has 2 aromatic rings. The summed E-state index contributed by atoms with van der Waals surface area (Å²) in [5, 5.41) is 3.16. The largest absolute Gasteiger partial charge is 0.497 e. The number of carbonyl (C=O) groups is 2. The van der Waals surface area contributed by atoms with Gasteiger partial charge in [0.1, 0.15) is 11.5 Å². The van der Waals surface area contributed by atoms with Gasteiger partial charge < -0.3 is 9.47 Å². The molecule has 0 fully saturated rings. The van der Waals surface area contributed by atoms with Crippen LogP contribution < -0.4 is 14.8 Å². The molecule has 0 saturated carbocycles. The van der Waals surface area contributed by atoms with Gasteiger partial charge >= 0.3 is 0 Å². The van der Waals surface area contributed by atoms with E-state index < -0.39 is 0 Å². The molecule has 0 aliphatic heterocycles. The van der Waals surface area contributed by atoms with Crippen LogP contribution in [0.3, 0.4) is 0 Å². The highest BCUT2D eigenvalue weighted by Crippen LogP contribution is 2.30. The maximum Gasteiger partial charge on any atom is 0.250 e. The van der Waals surface area contributed by atoms with Crippen LogP contribution in [0.5, 0.6) is 11.5 Å². The van der Waals surface area contributed by atoms with Crippen molar-refractivity contribution in [2.45, 2.75) is 19.3 Å². The molecule has 0 radical (unpaired) electrons. The number of nitrogens with zero attached hydrogens (tertiary/aromatic N) is 1. The Morgan fingerprint density at radius 2 is 2.12 bits per heavy atom. The van der Waals surface area contributed by atoms with Gasteiger partial charge in [-0.2, -0.15) is 0 Å². The summed E-state index contributed by atoms with van der Waals surface area (Å²) in [6.07, 6.45) is 5.20. The van der Waals surface area contributed by atoms with Crippen molar-refractivity contribution in [2.75, 3.05) is 19.5 Å². The molecule has 1 aliphatic carbocycles. The standard InChI is InChI=1S/C18H18N2O4S/c1-23-12-7-8-15(24-2)11(10-12)6-9-16(22)20-18-19-13-4-3-5-14(21)17(13)25-18/h6-10H,3-5H2,1-2H3,(H,19,20,22)/b9-6+. The fourth-order valence-electron chi connectivity index (χ4n) is 2.60. The number of benzene rings is 1. The lowest BCUT2D eigenvalue weighted by Gasteiger charge is -2.07. The van der Waals surface area contributed by atoms with Gasteiger partial charge in [-0.3, -0.25) is 14.9 Å². The van der Waals surface area contributed by atoms with E-state index in [0.29, 0.717) is 27.9 Å². The van der Waals surface area contributed by atoms with Crippen LogP contribution in [0, 0.1) is 0 Å². The number of aromatic nitrogens is 1. The van der Waals surface area contributed by atoms with Gasteiger partial charge in [-0.05, 0) is 37.1 Å². The Balaban J connectivity index is 1.72. The second-order valence-corrected chi connectivity index (χ2v) is 6.50. The molecule has 0 spiro atoms. The number of rotatable bonds is 5. The van der Waals surface area contributed by atoms with Crippen molar-refractivity contribution in [2.24, 2.45) is 0 Å². The van der Waals surface area contributed by atoms with Crippen molar-refractivity contribution in [3.05, 3.63) is 40.4 Å². The molecule has 1 aromatic heterocycles. The lowest BCUT2D eigenvalue weighted by molar-refractivity contribution is -0.111. The van der Waals surface area contributed by atoms with Crippen LogP contribution in [0.25, 0.3) is 6.08 Å². The molecule has 1 amide bonds. The first-order chi connectivity index (χ1) is 12.1. The van der Waals surface area contributed by atoms with E-state index in [1.165, 1.54) is 17.4 Å². The summed E-state index contributed by atoms with van der Waals surface area (Å²) in [6, 6.07) is 5.34. The number of anilines is 1. The summed E-state index contributed by atoms with van der Waals surface area (Å²) in [5.41, 5.74) is 1.51. The molecular weight excluding hydrogens is 340 g/mol. The highest BCUT2D eigenvalue weighted by molar-refractivity contribution is 7.17. The zero-order chi connectivity index (χ0) is 17.8. The van der Waals surface area contributed by atoms with E-state index in [9.17, 15) is 9.59 Å². The van der Waals surface area contributed by atoms with E-state index in [2.05, 4.69) is 10.3 Å². The minimum absolute atomic E-state index is 0.107. The van der Waals surface area contributed by atoms with Crippen LogP contribution in [-0.2, 0) is 11.2 Å². The average molecular weight is 358 g/mol. The molecular formula is C18H18N2O4S. The molecule has 0 bridgehead atoms. The third kappa shape index (κ3) is 3.88. The van der Waals surface area contributed by atoms with Crippen LogP contribution in [0.1, 0.15) is 33.8 Å². The maximum atomic E-state index is 12.1. The van der Waals surface area contributed by atoms with Crippen LogP contribution in [0.2, 0.25) is 0 Å². The van der Waals surface area contributed by atoms with E-state index in [0.717, 1.165) is 24.1 Å². The topological polar surface area (TPSA) is 77.5 Å². The number of hydrogen-bond acceptors (Lipinski definition) is 6. The lowest BCUT2D eigenvalue weighted by Crippen LogP contribution is -2.08. The number of carbonyl (C=O) groups excluding carboxylic acids is 2. The Hall–Kier alpha value is -2.67. The van der Waals surface area contributed by atoms with E-state index in [4.69, 9.17) is 9.47 Å². The first-order valence-corrected chi connectivity index (χ1v) is 8.66. The van der Waals surface area contributed by atoms with Gasteiger partial charge in [0.05, 0.1) is 24.8 Å². The van der Waals surface area contributed by atoms with Crippen molar-refractivity contribution in [3.63, 3.8) is 0 Å². The number of hydrogen-bond donors (Lipinski definition) is 1. The maximum absolute atomic E-state index is 12.1. The molecule has 0 atom stereocenters. The van der Waals surface area contributed by atoms with E-state index >= 15 is 0 Å². The first kappa shape index (κ1) is 17.2. The van der Waals surface area contributed by atoms with Crippen molar-refractivity contribution < 1.29 is 19.1 Å².